The van der Waals surface area contributed by atoms with Gasteiger partial charge in [-0.3, -0.25) is 0 Å². The first kappa shape index (κ1) is 14.2. The highest BCUT2D eigenvalue weighted by molar-refractivity contribution is 9.09. The third-order valence-corrected chi connectivity index (χ3v) is 2.56. The fourth-order valence-electron chi connectivity index (χ4n) is 1.24. The summed E-state index contributed by atoms with van der Waals surface area (Å²) >= 11 is 8.88. The van der Waals surface area contributed by atoms with Gasteiger partial charge >= 0.3 is 0 Å². The van der Waals surface area contributed by atoms with Crippen molar-refractivity contribution < 1.29 is 0 Å². The van der Waals surface area contributed by atoms with Crippen LogP contribution in [-0.4, -0.2) is 11.2 Å². The van der Waals surface area contributed by atoms with E-state index in [0.717, 1.165) is 5.33 Å². The molecule has 0 aromatic rings. The third-order valence-electron chi connectivity index (χ3n) is 2.00. The Labute approximate surface area is 102 Å². The lowest BCUT2D eigenvalue weighted by Crippen LogP contribution is -1.77. The van der Waals surface area contributed by atoms with Crippen LogP contribution in [0.4, 0.5) is 0 Å². The molecule has 0 nitrogen and oxygen atoms in total. The normalized spacial score (nSPS) is 11.9. The standard InChI is InChI=1S/C12H20BrCl/c13-11-9-7-5-3-1-2-4-6-8-10-12-14/h7-10H,1-6,11-12H2. The maximum atomic E-state index is 5.51. The molecule has 0 N–H and O–H groups in total. The van der Waals surface area contributed by atoms with Crippen molar-refractivity contribution in [3.05, 3.63) is 24.3 Å². The zero-order valence-corrected chi connectivity index (χ0v) is 11.1. The monoisotopic (exact) mass is 278 g/mol. The van der Waals surface area contributed by atoms with Crippen molar-refractivity contribution in [3.8, 4) is 0 Å². The minimum atomic E-state index is 0.650. The highest BCUT2D eigenvalue weighted by Crippen LogP contribution is 2.06. The number of allylic oxidation sites excluding steroid dienone is 4. The molecule has 0 spiro atoms. The van der Waals surface area contributed by atoms with Crippen LogP contribution in [0.1, 0.15) is 38.5 Å². The van der Waals surface area contributed by atoms with Crippen LogP contribution in [0.15, 0.2) is 24.3 Å². The van der Waals surface area contributed by atoms with Crippen molar-refractivity contribution in [3.63, 3.8) is 0 Å². The summed E-state index contributed by atoms with van der Waals surface area (Å²) in [4.78, 5) is 0. The molecule has 0 aromatic carbocycles. The minimum Gasteiger partial charge on any atom is -0.122 e. The molecular formula is C12H20BrCl. The van der Waals surface area contributed by atoms with Gasteiger partial charge in [-0.1, -0.05) is 53.1 Å². The number of unbranched alkanes of at least 4 members (excludes halogenated alkanes) is 5. The molecule has 0 fully saturated rings. The molecule has 0 saturated heterocycles. The van der Waals surface area contributed by atoms with Gasteiger partial charge in [0.15, 0.2) is 0 Å². The molecule has 0 bridgehead atoms. The highest BCUT2D eigenvalue weighted by atomic mass is 79.9. The topological polar surface area (TPSA) is 0 Å². The first-order chi connectivity index (χ1) is 6.91. The second-order valence-corrected chi connectivity index (χ2v) is 4.20. The van der Waals surface area contributed by atoms with Crippen LogP contribution in [-0.2, 0) is 0 Å². The Kier molecular flexibility index (Phi) is 13.5. The second kappa shape index (κ2) is 13.2. The van der Waals surface area contributed by atoms with Crippen molar-refractivity contribution in [2.45, 2.75) is 38.5 Å². The summed E-state index contributed by atoms with van der Waals surface area (Å²) in [7, 11) is 0. The van der Waals surface area contributed by atoms with Gasteiger partial charge in [0.25, 0.3) is 0 Å². The van der Waals surface area contributed by atoms with E-state index < -0.39 is 0 Å². The average Bonchev–Trinajstić information content (AvgIpc) is 2.21. The lowest BCUT2D eigenvalue weighted by atomic mass is 10.1. The summed E-state index contributed by atoms with van der Waals surface area (Å²) in [5.41, 5.74) is 0. The van der Waals surface area contributed by atoms with Crippen LogP contribution in [0.25, 0.3) is 0 Å². The lowest BCUT2D eigenvalue weighted by molar-refractivity contribution is 0.652. The molecule has 2 heteroatoms. The Hall–Kier alpha value is 0.250. The zero-order valence-electron chi connectivity index (χ0n) is 8.72. The Morgan fingerprint density at radius 3 is 1.86 bits per heavy atom. The zero-order chi connectivity index (χ0) is 10.5. The van der Waals surface area contributed by atoms with Crippen LogP contribution in [0.5, 0.6) is 0 Å². The van der Waals surface area contributed by atoms with E-state index in [-0.39, 0.29) is 0 Å². The highest BCUT2D eigenvalue weighted by Gasteiger charge is 1.87. The first-order valence-electron chi connectivity index (χ1n) is 5.33. The van der Waals surface area contributed by atoms with E-state index in [1.165, 1.54) is 38.5 Å². The van der Waals surface area contributed by atoms with Crippen LogP contribution in [0.2, 0.25) is 0 Å². The average molecular weight is 280 g/mol. The van der Waals surface area contributed by atoms with Crippen molar-refractivity contribution in [2.75, 3.05) is 11.2 Å². The Morgan fingerprint density at radius 1 is 0.786 bits per heavy atom. The number of alkyl halides is 2. The molecule has 0 saturated carbocycles. The SMILES string of the molecule is ClCC=CCCCCCCC=CCBr. The fraction of sp³-hybridized carbons (Fsp3) is 0.667. The van der Waals surface area contributed by atoms with Gasteiger partial charge in [-0.15, -0.1) is 11.6 Å². The summed E-state index contributed by atoms with van der Waals surface area (Å²) in [6.45, 7) is 0. The second-order valence-electron chi connectivity index (χ2n) is 3.24. The number of halogens is 2. The van der Waals surface area contributed by atoms with Crippen LogP contribution < -0.4 is 0 Å². The van der Waals surface area contributed by atoms with Gasteiger partial charge in [-0.2, -0.15) is 0 Å². The predicted molar refractivity (Wildman–Crippen MR) is 70.5 cm³/mol. The fourth-order valence-corrected chi connectivity index (χ4v) is 1.63. The molecule has 0 unspecified atom stereocenters. The van der Waals surface area contributed by atoms with E-state index in [4.69, 9.17) is 11.6 Å². The maximum Gasteiger partial charge on any atom is 0.0404 e. The Morgan fingerprint density at radius 2 is 1.36 bits per heavy atom. The smallest absolute Gasteiger partial charge is 0.0404 e. The van der Waals surface area contributed by atoms with Crippen LogP contribution >= 0.6 is 27.5 Å². The summed E-state index contributed by atoms with van der Waals surface area (Å²) < 4.78 is 0. The van der Waals surface area contributed by atoms with E-state index >= 15 is 0 Å². The summed E-state index contributed by atoms with van der Waals surface area (Å²) in [6.07, 6.45) is 16.4. The van der Waals surface area contributed by atoms with E-state index in [1.54, 1.807) is 0 Å². The molecule has 0 aromatic heterocycles. The van der Waals surface area contributed by atoms with Crippen molar-refractivity contribution in [1.82, 2.24) is 0 Å². The van der Waals surface area contributed by atoms with Gasteiger partial charge in [-0.05, 0) is 25.7 Å². The van der Waals surface area contributed by atoms with Gasteiger partial charge < -0.3 is 0 Å². The lowest BCUT2D eigenvalue weighted by Gasteiger charge is -1.96. The third kappa shape index (κ3) is 12.2. The number of hydrogen-bond acceptors (Lipinski definition) is 0. The number of hydrogen-bond donors (Lipinski definition) is 0. The molecule has 0 aliphatic carbocycles. The van der Waals surface area contributed by atoms with E-state index in [2.05, 4.69) is 34.2 Å². The summed E-state index contributed by atoms with van der Waals surface area (Å²) in [5, 5.41) is 0.982. The Balaban J connectivity index is 2.99. The van der Waals surface area contributed by atoms with Crippen molar-refractivity contribution in [1.29, 1.82) is 0 Å². The van der Waals surface area contributed by atoms with Gasteiger partial charge in [0.1, 0.15) is 0 Å². The van der Waals surface area contributed by atoms with Gasteiger partial charge in [0.05, 0.1) is 0 Å². The van der Waals surface area contributed by atoms with Gasteiger partial charge in [-0.25, -0.2) is 0 Å². The van der Waals surface area contributed by atoms with Gasteiger partial charge in [0, 0.05) is 11.2 Å². The molecule has 0 amide bonds. The van der Waals surface area contributed by atoms with E-state index in [9.17, 15) is 0 Å². The van der Waals surface area contributed by atoms with E-state index in [0.29, 0.717) is 5.88 Å². The van der Waals surface area contributed by atoms with Crippen LogP contribution in [0, 0.1) is 0 Å². The quantitative estimate of drug-likeness (QED) is 0.314. The number of rotatable bonds is 9. The first-order valence-corrected chi connectivity index (χ1v) is 6.99. The molecule has 0 radical (unpaired) electrons. The predicted octanol–water partition coefficient (Wildman–Crippen LogP) is 5.07. The van der Waals surface area contributed by atoms with E-state index in [1.807, 2.05) is 6.08 Å². The van der Waals surface area contributed by atoms with Crippen LogP contribution in [0.3, 0.4) is 0 Å². The Bertz CT molecular complexity index is 134. The maximum absolute atomic E-state index is 5.51. The molecular weight excluding hydrogens is 259 g/mol. The molecule has 14 heavy (non-hydrogen) atoms. The molecule has 0 heterocycles. The molecule has 82 valence electrons. The summed E-state index contributed by atoms with van der Waals surface area (Å²) in [5.74, 6) is 0.650. The van der Waals surface area contributed by atoms with Crippen molar-refractivity contribution >= 4 is 27.5 Å². The largest absolute Gasteiger partial charge is 0.122 e. The molecule has 0 aliphatic heterocycles. The molecule has 0 rings (SSSR count). The molecule has 0 aliphatic rings. The van der Waals surface area contributed by atoms with Crippen molar-refractivity contribution in [2.24, 2.45) is 0 Å². The summed E-state index contributed by atoms with van der Waals surface area (Å²) in [6, 6.07) is 0. The van der Waals surface area contributed by atoms with Gasteiger partial charge in [0.2, 0.25) is 0 Å². The molecule has 0 atom stereocenters. The minimum absolute atomic E-state index is 0.650.